The molecule has 22 heavy (non-hydrogen) atoms. The Balaban J connectivity index is 1.89. The molecule has 1 aliphatic heterocycles. The molecule has 0 saturated carbocycles. The molecule has 2 nitrogen and oxygen atoms in total. The average molecular weight is 319 g/mol. The van der Waals surface area contributed by atoms with Gasteiger partial charge in [0.15, 0.2) is 0 Å². The van der Waals surface area contributed by atoms with Gasteiger partial charge in [0.1, 0.15) is 5.82 Å². The zero-order valence-corrected chi connectivity index (χ0v) is 13.4. The van der Waals surface area contributed by atoms with E-state index in [0.717, 1.165) is 42.2 Å². The van der Waals surface area contributed by atoms with E-state index in [0.29, 0.717) is 0 Å². The van der Waals surface area contributed by atoms with Crippen LogP contribution in [-0.4, -0.2) is 13.1 Å². The molecule has 0 aromatic heterocycles. The molecule has 0 spiro atoms. The zero-order valence-electron chi connectivity index (χ0n) is 12.6. The number of benzene rings is 2. The number of halogens is 2. The Labute approximate surface area is 135 Å². The Kier molecular flexibility index (Phi) is 4.65. The van der Waals surface area contributed by atoms with Crippen LogP contribution in [0.15, 0.2) is 36.4 Å². The molecule has 0 radical (unpaired) electrons. The second-order valence-electron chi connectivity index (χ2n) is 5.73. The van der Waals surface area contributed by atoms with Crippen molar-refractivity contribution in [1.29, 1.82) is 0 Å². The Morgan fingerprint density at radius 2 is 1.82 bits per heavy atom. The SMILES string of the molecule is C[C@@H](Nc1c(Cl)ccc2c1CCNCC2)c1ccc(F)cc1. The summed E-state index contributed by atoms with van der Waals surface area (Å²) in [4.78, 5) is 0. The van der Waals surface area contributed by atoms with Gasteiger partial charge in [-0.05, 0) is 67.7 Å². The zero-order chi connectivity index (χ0) is 15.5. The van der Waals surface area contributed by atoms with E-state index in [1.54, 1.807) is 0 Å². The standard InChI is InChI=1S/C18H20ClFN2/c1-12(13-2-5-15(20)6-3-13)22-18-16-9-11-21-10-8-14(16)4-7-17(18)19/h2-7,12,21-22H,8-11H2,1H3/t12-/m1/s1. The molecule has 0 amide bonds. The fraction of sp³-hybridized carbons (Fsp3) is 0.333. The van der Waals surface area contributed by atoms with Crippen LogP contribution in [0, 0.1) is 5.82 Å². The molecule has 0 fully saturated rings. The molecular formula is C18H20ClFN2. The first kappa shape index (κ1) is 15.3. The van der Waals surface area contributed by atoms with Crippen LogP contribution >= 0.6 is 11.6 Å². The van der Waals surface area contributed by atoms with Crippen molar-refractivity contribution >= 4 is 17.3 Å². The molecule has 2 aromatic carbocycles. The maximum Gasteiger partial charge on any atom is 0.123 e. The minimum atomic E-state index is -0.214. The first-order valence-electron chi connectivity index (χ1n) is 7.68. The van der Waals surface area contributed by atoms with Crippen LogP contribution in [0.1, 0.15) is 29.7 Å². The molecule has 0 saturated heterocycles. The number of fused-ring (bicyclic) bond motifs is 1. The monoisotopic (exact) mass is 318 g/mol. The van der Waals surface area contributed by atoms with Gasteiger partial charge in [-0.2, -0.15) is 0 Å². The highest BCUT2D eigenvalue weighted by Gasteiger charge is 2.16. The summed E-state index contributed by atoms with van der Waals surface area (Å²) in [7, 11) is 0. The molecule has 2 aromatic rings. The lowest BCUT2D eigenvalue weighted by Gasteiger charge is -2.21. The van der Waals surface area contributed by atoms with E-state index in [-0.39, 0.29) is 11.9 Å². The van der Waals surface area contributed by atoms with Crippen molar-refractivity contribution < 1.29 is 4.39 Å². The second-order valence-corrected chi connectivity index (χ2v) is 6.13. The Morgan fingerprint density at radius 1 is 1.09 bits per heavy atom. The van der Waals surface area contributed by atoms with Gasteiger partial charge in [-0.1, -0.05) is 29.8 Å². The highest BCUT2D eigenvalue weighted by atomic mass is 35.5. The first-order valence-corrected chi connectivity index (χ1v) is 8.06. The van der Waals surface area contributed by atoms with E-state index in [1.165, 1.54) is 23.3 Å². The van der Waals surface area contributed by atoms with Crippen LogP contribution in [0.5, 0.6) is 0 Å². The Hall–Kier alpha value is -1.58. The maximum atomic E-state index is 13.1. The summed E-state index contributed by atoms with van der Waals surface area (Å²) in [5.74, 6) is -0.214. The third kappa shape index (κ3) is 3.26. The molecule has 0 aliphatic carbocycles. The predicted molar refractivity (Wildman–Crippen MR) is 90.2 cm³/mol. The first-order chi connectivity index (χ1) is 10.6. The summed E-state index contributed by atoms with van der Waals surface area (Å²) in [5.41, 5.74) is 4.70. The maximum absolute atomic E-state index is 13.1. The molecule has 3 rings (SSSR count). The Bertz CT molecular complexity index is 655. The number of hydrogen-bond acceptors (Lipinski definition) is 2. The van der Waals surface area contributed by atoms with E-state index in [2.05, 4.69) is 23.6 Å². The lowest BCUT2D eigenvalue weighted by atomic mass is 9.99. The van der Waals surface area contributed by atoms with E-state index in [1.807, 2.05) is 18.2 Å². The van der Waals surface area contributed by atoms with Crippen LogP contribution in [0.3, 0.4) is 0 Å². The van der Waals surface area contributed by atoms with Crippen LogP contribution in [0.4, 0.5) is 10.1 Å². The van der Waals surface area contributed by atoms with Crippen molar-refractivity contribution in [2.75, 3.05) is 18.4 Å². The third-order valence-corrected chi connectivity index (χ3v) is 4.53. The summed E-state index contributed by atoms with van der Waals surface area (Å²) >= 11 is 6.43. The minimum Gasteiger partial charge on any atom is -0.377 e. The predicted octanol–water partition coefficient (Wildman–Crippen LogP) is 4.34. The molecule has 2 N–H and O–H groups in total. The highest BCUT2D eigenvalue weighted by Crippen LogP contribution is 2.33. The quantitative estimate of drug-likeness (QED) is 0.879. The van der Waals surface area contributed by atoms with Gasteiger partial charge in [0.05, 0.1) is 10.7 Å². The third-order valence-electron chi connectivity index (χ3n) is 4.21. The molecule has 0 bridgehead atoms. The van der Waals surface area contributed by atoms with Crippen molar-refractivity contribution in [2.24, 2.45) is 0 Å². The van der Waals surface area contributed by atoms with Gasteiger partial charge in [0.25, 0.3) is 0 Å². The molecular weight excluding hydrogens is 299 g/mol. The summed E-state index contributed by atoms with van der Waals surface area (Å²) in [5, 5.41) is 7.68. The molecule has 4 heteroatoms. The Morgan fingerprint density at radius 3 is 2.59 bits per heavy atom. The van der Waals surface area contributed by atoms with Crippen LogP contribution < -0.4 is 10.6 Å². The average Bonchev–Trinajstić information content (AvgIpc) is 2.76. The van der Waals surface area contributed by atoms with Gasteiger partial charge in [-0.3, -0.25) is 0 Å². The number of hydrogen-bond donors (Lipinski definition) is 2. The van der Waals surface area contributed by atoms with Gasteiger partial charge < -0.3 is 10.6 Å². The van der Waals surface area contributed by atoms with Crippen molar-refractivity contribution in [2.45, 2.75) is 25.8 Å². The lowest BCUT2D eigenvalue weighted by Crippen LogP contribution is -2.16. The van der Waals surface area contributed by atoms with Crippen molar-refractivity contribution in [1.82, 2.24) is 5.32 Å². The van der Waals surface area contributed by atoms with Crippen LogP contribution in [0.25, 0.3) is 0 Å². The number of anilines is 1. The molecule has 1 heterocycles. The number of rotatable bonds is 3. The van der Waals surface area contributed by atoms with E-state index in [4.69, 9.17) is 11.6 Å². The van der Waals surface area contributed by atoms with E-state index < -0.39 is 0 Å². The smallest absolute Gasteiger partial charge is 0.123 e. The van der Waals surface area contributed by atoms with Crippen molar-refractivity contribution in [3.8, 4) is 0 Å². The summed E-state index contributed by atoms with van der Waals surface area (Å²) in [6.07, 6.45) is 1.99. The van der Waals surface area contributed by atoms with E-state index >= 15 is 0 Å². The van der Waals surface area contributed by atoms with Crippen molar-refractivity contribution in [3.05, 3.63) is 63.9 Å². The summed E-state index contributed by atoms with van der Waals surface area (Å²) in [6.45, 7) is 4.03. The fourth-order valence-corrected chi connectivity index (χ4v) is 3.18. The lowest BCUT2D eigenvalue weighted by molar-refractivity contribution is 0.626. The van der Waals surface area contributed by atoms with Gasteiger partial charge in [0.2, 0.25) is 0 Å². The summed E-state index contributed by atoms with van der Waals surface area (Å²) < 4.78 is 13.1. The highest BCUT2D eigenvalue weighted by molar-refractivity contribution is 6.33. The molecule has 116 valence electrons. The fourth-order valence-electron chi connectivity index (χ4n) is 2.95. The van der Waals surface area contributed by atoms with Gasteiger partial charge in [-0.15, -0.1) is 0 Å². The van der Waals surface area contributed by atoms with Crippen molar-refractivity contribution in [3.63, 3.8) is 0 Å². The normalized spacial score (nSPS) is 15.8. The molecule has 1 atom stereocenters. The van der Waals surface area contributed by atoms with Gasteiger partial charge >= 0.3 is 0 Å². The molecule has 0 unspecified atom stereocenters. The minimum absolute atomic E-state index is 0.0702. The summed E-state index contributed by atoms with van der Waals surface area (Å²) in [6, 6.07) is 10.8. The van der Waals surface area contributed by atoms with Gasteiger partial charge in [-0.25, -0.2) is 4.39 Å². The largest absolute Gasteiger partial charge is 0.377 e. The topological polar surface area (TPSA) is 24.1 Å². The second kappa shape index (κ2) is 6.67. The van der Waals surface area contributed by atoms with Gasteiger partial charge in [0, 0.05) is 6.04 Å². The van der Waals surface area contributed by atoms with Crippen LogP contribution in [-0.2, 0) is 12.8 Å². The van der Waals surface area contributed by atoms with Crippen LogP contribution in [0.2, 0.25) is 5.02 Å². The molecule has 1 aliphatic rings. The van der Waals surface area contributed by atoms with E-state index in [9.17, 15) is 4.39 Å². The number of nitrogens with one attached hydrogen (secondary N) is 2.